The smallest absolute Gasteiger partial charge is 0.268 e. The van der Waals surface area contributed by atoms with Crippen molar-refractivity contribution in [2.45, 2.75) is 33.4 Å². The van der Waals surface area contributed by atoms with E-state index in [0.717, 1.165) is 0 Å². The van der Waals surface area contributed by atoms with Gasteiger partial charge in [-0.1, -0.05) is 50.0 Å². The second-order valence-electron chi connectivity index (χ2n) is 11.8. The van der Waals surface area contributed by atoms with Crippen LogP contribution in [0.4, 0.5) is 0 Å². The summed E-state index contributed by atoms with van der Waals surface area (Å²) in [6.07, 6.45) is 4.27. The lowest BCUT2D eigenvalue weighted by molar-refractivity contribution is 0.0987. The van der Waals surface area contributed by atoms with Crippen LogP contribution in [-0.4, -0.2) is 44.8 Å². The molecule has 1 unspecified atom stereocenters. The van der Waals surface area contributed by atoms with Crippen LogP contribution in [0, 0.1) is 5.41 Å². The molecule has 1 spiro atoms. The number of ether oxygens (including phenoxy) is 2. The lowest BCUT2D eigenvalue weighted by Gasteiger charge is -2.32. The number of nitrogens with zero attached hydrogens (tertiary/aromatic N) is 5. The molecule has 0 saturated heterocycles. The normalized spacial score (nSPS) is 16.8. The van der Waals surface area contributed by atoms with Crippen LogP contribution < -0.4 is 20.9 Å². The number of fused-ring (bicyclic) bond motifs is 4. The Morgan fingerprint density at radius 2 is 1.51 bits per heavy atom. The summed E-state index contributed by atoms with van der Waals surface area (Å²) in [6, 6.07) is 10.2. The first-order valence-electron chi connectivity index (χ1n) is 13.8. The molecule has 4 N–H and O–H groups in total. The van der Waals surface area contributed by atoms with Gasteiger partial charge in [0.15, 0.2) is 0 Å². The summed E-state index contributed by atoms with van der Waals surface area (Å²) in [6.45, 7) is 8.36. The number of amides is 2. The molecule has 3 aromatic heterocycles. The summed E-state index contributed by atoms with van der Waals surface area (Å²) in [4.78, 5) is 47.8. The Kier molecular flexibility index (Phi) is 7.33. The maximum Gasteiger partial charge on any atom is 0.268 e. The highest BCUT2D eigenvalue weighted by Gasteiger charge is 2.47. The van der Waals surface area contributed by atoms with Crippen LogP contribution in [0.15, 0.2) is 65.0 Å². The standard InChI is InChI=1S/C32H27Cl2N7O4/c1-15-25(21-9-18(34)12-38-27(21)29(36)43)41-32(40-15)22-7-16(20-8-17(33)11-37-26(20)28(35)42)5-6-24(22)45-30-23(32)10-19(13-39-30)44-14-31(2,3)4/h5-13H,14H2,1-4H3,(H2,35,42)(H2,36,43). The van der Waals surface area contributed by atoms with Crippen molar-refractivity contribution < 1.29 is 19.1 Å². The summed E-state index contributed by atoms with van der Waals surface area (Å²) in [7, 11) is 0. The molecule has 2 aliphatic heterocycles. The molecule has 1 atom stereocenters. The lowest BCUT2D eigenvalue weighted by Crippen LogP contribution is -2.27. The average Bonchev–Trinajstić information content (AvgIpc) is 3.32. The second kappa shape index (κ2) is 10.9. The molecule has 0 radical (unpaired) electrons. The molecule has 0 saturated carbocycles. The van der Waals surface area contributed by atoms with Gasteiger partial charge in [0.25, 0.3) is 11.8 Å². The highest BCUT2D eigenvalue weighted by molar-refractivity contribution is 6.50. The Labute approximate surface area is 268 Å². The first-order chi connectivity index (χ1) is 21.3. The molecular formula is C32H27Cl2N7O4. The molecule has 4 aromatic rings. The third kappa shape index (κ3) is 5.49. The number of hydrogen-bond donors (Lipinski definition) is 2. The van der Waals surface area contributed by atoms with Gasteiger partial charge in [-0.05, 0) is 48.2 Å². The van der Waals surface area contributed by atoms with Gasteiger partial charge >= 0.3 is 0 Å². The molecule has 11 nitrogen and oxygen atoms in total. The molecule has 2 amide bonds. The van der Waals surface area contributed by atoms with E-state index < -0.39 is 17.5 Å². The van der Waals surface area contributed by atoms with E-state index in [4.69, 9.17) is 54.1 Å². The molecule has 45 heavy (non-hydrogen) atoms. The van der Waals surface area contributed by atoms with Crippen LogP contribution in [0.1, 0.15) is 65.4 Å². The van der Waals surface area contributed by atoms with E-state index >= 15 is 0 Å². The minimum Gasteiger partial charge on any atom is -0.491 e. The van der Waals surface area contributed by atoms with E-state index in [1.54, 1.807) is 49.5 Å². The third-order valence-electron chi connectivity index (χ3n) is 7.12. The van der Waals surface area contributed by atoms with Gasteiger partial charge in [0.05, 0.1) is 39.8 Å². The van der Waals surface area contributed by atoms with Crippen LogP contribution in [0.3, 0.4) is 0 Å². The molecule has 1 aromatic carbocycles. The number of benzene rings is 1. The second-order valence-corrected chi connectivity index (χ2v) is 12.7. The Hall–Kier alpha value is -4.87. The van der Waals surface area contributed by atoms with Crippen LogP contribution in [0.5, 0.6) is 17.4 Å². The van der Waals surface area contributed by atoms with Crippen molar-refractivity contribution in [3.8, 4) is 28.5 Å². The van der Waals surface area contributed by atoms with Crippen molar-refractivity contribution >= 4 is 46.4 Å². The first-order valence-corrected chi connectivity index (χ1v) is 14.6. The van der Waals surface area contributed by atoms with Crippen molar-refractivity contribution in [2.75, 3.05) is 6.61 Å². The van der Waals surface area contributed by atoms with Gasteiger partial charge in [-0.15, -0.1) is 0 Å². The number of rotatable bonds is 6. The van der Waals surface area contributed by atoms with E-state index in [1.165, 1.54) is 12.4 Å². The highest BCUT2D eigenvalue weighted by atomic mass is 35.5. The number of halogens is 2. The van der Waals surface area contributed by atoms with E-state index in [2.05, 4.69) is 35.7 Å². The number of carbonyl (C=O) groups excluding carboxylic acids is 2. The van der Waals surface area contributed by atoms with E-state index in [1.807, 2.05) is 0 Å². The molecule has 6 rings (SSSR count). The fourth-order valence-electron chi connectivity index (χ4n) is 5.18. The highest BCUT2D eigenvalue weighted by Crippen LogP contribution is 2.53. The number of pyridine rings is 3. The summed E-state index contributed by atoms with van der Waals surface area (Å²) in [5, 5.41) is 0.602. The lowest BCUT2D eigenvalue weighted by atomic mass is 9.87. The molecule has 13 heteroatoms. The number of nitrogens with two attached hydrogens (primary N) is 2. The van der Waals surface area contributed by atoms with Gasteiger partial charge in [-0.25, -0.2) is 24.9 Å². The van der Waals surface area contributed by atoms with Gasteiger partial charge in [-0.2, -0.15) is 0 Å². The van der Waals surface area contributed by atoms with E-state index in [0.29, 0.717) is 62.4 Å². The molecule has 0 aliphatic carbocycles. The van der Waals surface area contributed by atoms with Crippen molar-refractivity contribution in [1.29, 1.82) is 0 Å². The molecular weight excluding hydrogens is 617 g/mol. The number of aromatic nitrogens is 3. The molecule has 5 heterocycles. The van der Waals surface area contributed by atoms with Gasteiger partial charge in [0.2, 0.25) is 11.5 Å². The Morgan fingerprint density at radius 3 is 2.16 bits per heavy atom. The SMILES string of the molecule is CC1=NC2(N=C1c1cc(Cl)cnc1C(N)=O)c1cc(-c3cc(Cl)cnc3C(N)=O)ccc1Oc1ncc(OCC(C)(C)C)cc12. The predicted octanol–water partition coefficient (Wildman–Crippen LogP) is 5.74. The summed E-state index contributed by atoms with van der Waals surface area (Å²) in [5.41, 5.74) is 12.9. The largest absolute Gasteiger partial charge is 0.491 e. The summed E-state index contributed by atoms with van der Waals surface area (Å²) < 4.78 is 12.4. The van der Waals surface area contributed by atoms with Crippen molar-refractivity contribution in [3.05, 3.63) is 93.1 Å². The molecule has 2 aliphatic rings. The Bertz CT molecular complexity index is 1990. The minimum absolute atomic E-state index is 0.0116. The minimum atomic E-state index is -1.46. The Morgan fingerprint density at radius 1 is 0.867 bits per heavy atom. The molecule has 0 bridgehead atoms. The maximum absolute atomic E-state index is 12.4. The fraction of sp³-hybridized carbons (Fsp3) is 0.219. The maximum atomic E-state index is 12.4. The van der Waals surface area contributed by atoms with Crippen molar-refractivity contribution in [1.82, 2.24) is 15.0 Å². The zero-order valence-corrected chi connectivity index (χ0v) is 26.2. The van der Waals surface area contributed by atoms with Crippen molar-refractivity contribution in [3.63, 3.8) is 0 Å². The van der Waals surface area contributed by atoms with Gasteiger partial charge in [0.1, 0.15) is 22.9 Å². The van der Waals surface area contributed by atoms with Gasteiger partial charge in [0, 0.05) is 29.1 Å². The topological polar surface area (TPSA) is 168 Å². The zero-order chi connectivity index (χ0) is 32.3. The fourth-order valence-corrected chi connectivity index (χ4v) is 5.50. The number of primary amides is 2. The third-order valence-corrected chi connectivity index (χ3v) is 7.54. The van der Waals surface area contributed by atoms with Gasteiger partial charge < -0.3 is 20.9 Å². The average molecular weight is 645 g/mol. The number of carbonyl (C=O) groups is 2. The van der Waals surface area contributed by atoms with Crippen molar-refractivity contribution in [2.24, 2.45) is 26.9 Å². The van der Waals surface area contributed by atoms with E-state index in [9.17, 15) is 9.59 Å². The molecule has 0 fully saturated rings. The van der Waals surface area contributed by atoms with Gasteiger partial charge in [-0.3, -0.25) is 9.59 Å². The summed E-state index contributed by atoms with van der Waals surface area (Å²) >= 11 is 12.6. The number of hydrogen-bond acceptors (Lipinski definition) is 9. The van der Waals surface area contributed by atoms with Crippen LogP contribution in [0.25, 0.3) is 11.1 Å². The molecule has 228 valence electrons. The summed E-state index contributed by atoms with van der Waals surface area (Å²) in [5.74, 6) is -0.302. The predicted molar refractivity (Wildman–Crippen MR) is 171 cm³/mol. The van der Waals surface area contributed by atoms with Crippen LogP contribution >= 0.6 is 23.2 Å². The van der Waals surface area contributed by atoms with Crippen LogP contribution in [0.2, 0.25) is 10.0 Å². The monoisotopic (exact) mass is 643 g/mol. The number of aliphatic imine (C=N–C) groups is 2. The van der Waals surface area contributed by atoms with Crippen LogP contribution in [-0.2, 0) is 5.66 Å². The van der Waals surface area contributed by atoms with E-state index in [-0.39, 0.29) is 27.7 Å². The zero-order valence-electron chi connectivity index (χ0n) is 24.7. The Balaban J connectivity index is 1.62. The first kappa shape index (κ1) is 30.2. The quantitative estimate of drug-likeness (QED) is 0.270.